The van der Waals surface area contributed by atoms with Crippen molar-refractivity contribution < 1.29 is 19.1 Å². The molecule has 0 saturated carbocycles. The van der Waals surface area contributed by atoms with Gasteiger partial charge in [-0.3, -0.25) is 10.1 Å². The average Bonchev–Trinajstić information content (AvgIpc) is 2.73. The van der Waals surface area contributed by atoms with E-state index in [1.165, 1.54) is 14.2 Å². The predicted molar refractivity (Wildman–Crippen MR) is 71.7 cm³/mol. The summed E-state index contributed by atoms with van der Waals surface area (Å²) >= 11 is 0. The predicted octanol–water partition coefficient (Wildman–Crippen LogP) is 0.00562. The van der Waals surface area contributed by atoms with Crippen LogP contribution in [0.4, 0.5) is 4.79 Å². The lowest BCUT2D eigenvalue weighted by molar-refractivity contribution is -0.124. The van der Waals surface area contributed by atoms with Crippen molar-refractivity contribution in [3.8, 4) is 11.5 Å². The highest BCUT2D eigenvalue weighted by atomic mass is 16.5. The van der Waals surface area contributed by atoms with Gasteiger partial charge in [-0.25, -0.2) is 4.79 Å². The van der Waals surface area contributed by atoms with Crippen LogP contribution in [0.2, 0.25) is 0 Å². The van der Waals surface area contributed by atoms with Gasteiger partial charge in [0.2, 0.25) is 0 Å². The summed E-state index contributed by atoms with van der Waals surface area (Å²) in [5.74, 6) is 0.544. The first-order valence-corrected chi connectivity index (χ1v) is 6.05. The molecule has 108 valence electrons. The van der Waals surface area contributed by atoms with Gasteiger partial charge in [-0.1, -0.05) is 0 Å². The van der Waals surface area contributed by atoms with Crippen molar-refractivity contribution in [1.29, 1.82) is 0 Å². The summed E-state index contributed by atoms with van der Waals surface area (Å²) in [5, 5.41) is 4.76. The molecular weight excluding hydrogens is 262 g/mol. The zero-order valence-corrected chi connectivity index (χ0v) is 11.6. The number of ether oxygens (including phenoxy) is 2. The summed E-state index contributed by atoms with van der Waals surface area (Å²) in [5.41, 5.74) is 5.71. The van der Waals surface area contributed by atoms with Crippen LogP contribution in [0.25, 0.3) is 0 Å². The second-order valence-electron chi connectivity index (χ2n) is 4.54. The summed E-state index contributed by atoms with van der Waals surface area (Å²) < 4.78 is 10.6. The molecule has 0 aromatic heterocycles. The topological polar surface area (TPSA) is 103 Å². The van der Waals surface area contributed by atoms with E-state index in [0.29, 0.717) is 17.1 Å². The number of amides is 3. The molecule has 0 bridgehead atoms. The van der Waals surface area contributed by atoms with E-state index >= 15 is 0 Å². The van der Waals surface area contributed by atoms with Gasteiger partial charge >= 0.3 is 6.03 Å². The largest absolute Gasteiger partial charge is 0.496 e. The van der Waals surface area contributed by atoms with Gasteiger partial charge < -0.3 is 20.5 Å². The van der Waals surface area contributed by atoms with Gasteiger partial charge in [0.15, 0.2) is 5.54 Å². The Bertz CT molecular complexity index is 573. The Kier molecular flexibility index (Phi) is 3.54. The molecule has 0 aliphatic carbocycles. The minimum absolute atomic E-state index is 0.0901. The van der Waals surface area contributed by atoms with Crippen LogP contribution in [-0.4, -0.2) is 32.7 Å². The van der Waals surface area contributed by atoms with Crippen molar-refractivity contribution in [3.63, 3.8) is 0 Å². The van der Waals surface area contributed by atoms with E-state index in [4.69, 9.17) is 15.2 Å². The van der Waals surface area contributed by atoms with E-state index in [2.05, 4.69) is 10.6 Å². The zero-order chi connectivity index (χ0) is 14.9. The van der Waals surface area contributed by atoms with Gasteiger partial charge in [0, 0.05) is 12.1 Å². The molecule has 3 amide bonds. The Morgan fingerprint density at radius 1 is 1.20 bits per heavy atom. The SMILES string of the molecule is COc1cc(C2(CN)NC(=O)NC2=O)c(OC)cc1C. The zero-order valence-electron chi connectivity index (χ0n) is 11.6. The second-order valence-corrected chi connectivity index (χ2v) is 4.54. The number of nitrogens with two attached hydrogens (primary N) is 1. The number of nitrogens with one attached hydrogen (secondary N) is 2. The molecule has 1 atom stereocenters. The van der Waals surface area contributed by atoms with Gasteiger partial charge in [-0.15, -0.1) is 0 Å². The number of hydrogen-bond donors (Lipinski definition) is 3. The molecule has 7 heteroatoms. The molecule has 1 aliphatic rings. The summed E-state index contributed by atoms with van der Waals surface area (Å²) in [6.07, 6.45) is 0. The van der Waals surface area contributed by atoms with E-state index in [1.54, 1.807) is 12.1 Å². The third-order valence-electron chi connectivity index (χ3n) is 3.42. The van der Waals surface area contributed by atoms with Gasteiger partial charge in [0.05, 0.1) is 14.2 Å². The van der Waals surface area contributed by atoms with Crippen LogP contribution in [0, 0.1) is 6.92 Å². The number of carbonyl (C=O) groups is 2. The highest BCUT2D eigenvalue weighted by molar-refractivity contribution is 6.08. The lowest BCUT2D eigenvalue weighted by Crippen LogP contribution is -2.50. The van der Waals surface area contributed by atoms with Crippen molar-refractivity contribution in [2.45, 2.75) is 12.5 Å². The third-order valence-corrected chi connectivity index (χ3v) is 3.42. The summed E-state index contributed by atoms with van der Waals surface area (Å²) in [6, 6.07) is 2.82. The molecule has 0 radical (unpaired) electrons. The van der Waals surface area contributed by atoms with Gasteiger partial charge in [-0.05, 0) is 24.6 Å². The molecule has 20 heavy (non-hydrogen) atoms. The number of methoxy groups -OCH3 is 2. The van der Waals surface area contributed by atoms with Crippen molar-refractivity contribution in [3.05, 3.63) is 23.3 Å². The van der Waals surface area contributed by atoms with Crippen LogP contribution >= 0.6 is 0 Å². The number of hydrogen-bond acceptors (Lipinski definition) is 5. The quantitative estimate of drug-likeness (QED) is 0.673. The molecule has 1 saturated heterocycles. The molecule has 0 spiro atoms. The Morgan fingerprint density at radius 2 is 1.85 bits per heavy atom. The third kappa shape index (κ3) is 1.96. The Morgan fingerprint density at radius 3 is 2.30 bits per heavy atom. The Balaban J connectivity index is 2.65. The van der Waals surface area contributed by atoms with Crippen LogP contribution in [-0.2, 0) is 10.3 Å². The number of imide groups is 1. The summed E-state index contributed by atoms with van der Waals surface area (Å²) in [6.45, 7) is 1.76. The summed E-state index contributed by atoms with van der Waals surface area (Å²) in [7, 11) is 3.02. The fraction of sp³-hybridized carbons (Fsp3) is 0.385. The maximum Gasteiger partial charge on any atom is 0.322 e. The van der Waals surface area contributed by atoms with Gasteiger partial charge in [-0.2, -0.15) is 0 Å². The molecule has 4 N–H and O–H groups in total. The lowest BCUT2D eigenvalue weighted by atomic mass is 9.88. The van der Waals surface area contributed by atoms with E-state index in [9.17, 15) is 9.59 Å². The van der Waals surface area contributed by atoms with E-state index in [1.807, 2.05) is 6.92 Å². The van der Waals surface area contributed by atoms with Crippen LogP contribution < -0.4 is 25.8 Å². The van der Waals surface area contributed by atoms with Crippen LogP contribution in [0.15, 0.2) is 12.1 Å². The standard InChI is InChI=1S/C13H17N3O4/c1-7-4-10(20-3)8(5-9(7)19-2)13(6-14)11(17)15-12(18)16-13/h4-5H,6,14H2,1-3H3,(H2,15,16,17,18). The molecule has 7 nitrogen and oxygen atoms in total. The molecule has 1 heterocycles. The normalized spacial score (nSPS) is 21.4. The molecule has 1 fully saturated rings. The highest BCUT2D eigenvalue weighted by Crippen LogP contribution is 2.36. The number of aryl methyl sites for hydroxylation is 1. The first-order chi connectivity index (χ1) is 9.48. The average molecular weight is 279 g/mol. The monoisotopic (exact) mass is 279 g/mol. The van der Waals surface area contributed by atoms with Crippen molar-refractivity contribution >= 4 is 11.9 Å². The first kappa shape index (κ1) is 14.1. The molecule has 1 unspecified atom stereocenters. The molecule has 1 aromatic carbocycles. The second kappa shape index (κ2) is 5.01. The van der Waals surface area contributed by atoms with Crippen molar-refractivity contribution in [2.75, 3.05) is 20.8 Å². The lowest BCUT2D eigenvalue weighted by Gasteiger charge is -2.27. The first-order valence-electron chi connectivity index (χ1n) is 6.05. The van der Waals surface area contributed by atoms with Crippen LogP contribution in [0.1, 0.15) is 11.1 Å². The maximum atomic E-state index is 12.1. The number of rotatable bonds is 4. The van der Waals surface area contributed by atoms with Crippen molar-refractivity contribution in [2.24, 2.45) is 5.73 Å². The smallest absolute Gasteiger partial charge is 0.322 e. The van der Waals surface area contributed by atoms with Crippen LogP contribution in [0.3, 0.4) is 0 Å². The maximum absolute atomic E-state index is 12.1. The summed E-state index contributed by atoms with van der Waals surface area (Å²) in [4.78, 5) is 23.6. The number of benzene rings is 1. The molecule has 2 rings (SSSR count). The Labute approximate surface area is 116 Å². The minimum atomic E-state index is -1.34. The fourth-order valence-electron chi connectivity index (χ4n) is 2.32. The molecule has 1 aliphatic heterocycles. The van der Waals surface area contributed by atoms with Crippen molar-refractivity contribution in [1.82, 2.24) is 10.6 Å². The van der Waals surface area contributed by atoms with E-state index in [-0.39, 0.29) is 6.54 Å². The van der Waals surface area contributed by atoms with E-state index < -0.39 is 17.5 Å². The van der Waals surface area contributed by atoms with Crippen LogP contribution in [0.5, 0.6) is 11.5 Å². The van der Waals surface area contributed by atoms with E-state index in [0.717, 1.165) is 5.56 Å². The number of carbonyl (C=O) groups excluding carboxylic acids is 2. The molecular formula is C13H17N3O4. The van der Waals surface area contributed by atoms with Gasteiger partial charge in [0.1, 0.15) is 11.5 Å². The Hall–Kier alpha value is -2.28. The fourth-order valence-corrected chi connectivity index (χ4v) is 2.32. The minimum Gasteiger partial charge on any atom is -0.496 e. The van der Waals surface area contributed by atoms with Gasteiger partial charge in [0.25, 0.3) is 5.91 Å². The number of urea groups is 1. The highest BCUT2D eigenvalue weighted by Gasteiger charge is 2.48. The molecule has 1 aromatic rings.